The van der Waals surface area contributed by atoms with E-state index in [1.165, 1.54) is 0 Å². The molecule has 2 N–H and O–H groups in total. The smallest absolute Gasteiger partial charge is 0.0589 e. The number of pyridine rings is 1. The first-order chi connectivity index (χ1) is 4.83. The van der Waals surface area contributed by atoms with Crippen LogP contribution in [-0.4, -0.2) is 11.5 Å². The molecule has 0 unspecified atom stereocenters. The lowest BCUT2D eigenvalue weighted by atomic mass is 10.3. The fraction of sp³-hybridized carbons (Fsp3) is 0.286. The lowest BCUT2D eigenvalue weighted by Crippen LogP contribution is -2.03. The molecule has 0 amide bonds. The molecule has 0 bridgehead atoms. The van der Waals surface area contributed by atoms with Crippen LogP contribution < -0.4 is 5.73 Å². The van der Waals surface area contributed by atoms with Crippen LogP contribution in [-0.2, 0) is 6.42 Å². The van der Waals surface area contributed by atoms with Crippen LogP contribution in [0.5, 0.6) is 0 Å². The van der Waals surface area contributed by atoms with Crippen LogP contribution in [0.2, 0.25) is 5.02 Å². The third kappa shape index (κ3) is 4.78. The van der Waals surface area contributed by atoms with Gasteiger partial charge in [-0.15, -0.1) is 24.8 Å². The topological polar surface area (TPSA) is 38.9 Å². The molecule has 0 saturated heterocycles. The Hall–Kier alpha value is -0.0200. The lowest BCUT2D eigenvalue weighted by molar-refractivity contribution is 0.923. The SMILES string of the molecule is Cl.Cl.NCCc1ccc(Cl)cn1. The quantitative estimate of drug-likeness (QED) is 0.843. The molecule has 0 aromatic carbocycles. The Morgan fingerprint density at radius 3 is 2.42 bits per heavy atom. The summed E-state index contributed by atoms with van der Waals surface area (Å²) in [5.74, 6) is 0. The zero-order chi connectivity index (χ0) is 7.40. The zero-order valence-electron chi connectivity index (χ0n) is 6.37. The van der Waals surface area contributed by atoms with Crippen LogP contribution in [0, 0.1) is 0 Å². The van der Waals surface area contributed by atoms with E-state index >= 15 is 0 Å². The van der Waals surface area contributed by atoms with Gasteiger partial charge in [0.25, 0.3) is 0 Å². The second-order valence-electron chi connectivity index (χ2n) is 2.01. The molecular formula is C7H11Cl3N2. The minimum atomic E-state index is 0. The van der Waals surface area contributed by atoms with E-state index in [0.717, 1.165) is 12.1 Å². The van der Waals surface area contributed by atoms with Gasteiger partial charge in [-0.2, -0.15) is 0 Å². The van der Waals surface area contributed by atoms with Crippen molar-refractivity contribution in [3.05, 3.63) is 29.0 Å². The summed E-state index contributed by atoms with van der Waals surface area (Å²) in [6.07, 6.45) is 2.45. The Labute approximate surface area is 89.3 Å². The van der Waals surface area contributed by atoms with E-state index in [-0.39, 0.29) is 24.8 Å². The van der Waals surface area contributed by atoms with Gasteiger partial charge in [0.15, 0.2) is 0 Å². The van der Waals surface area contributed by atoms with Gasteiger partial charge in [-0.3, -0.25) is 4.98 Å². The van der Waals surface area contributed by atoms with Gasteiger partial charge in [0.2, 0.25) is 0 Å². The number of nitrogens with zero attached hydrogens (tertiary/aromatic N) is 1. The van der Waals surface area contributed by atoms with Crippen molar-refractivity contribution in [2.75, 3.05) is 6.54 Å². The summed E-state index contributed by atoms with van der Waals surface area (Å²) in [4.78, 5) is 4.06. The van der Waals surface area contributed by atoms with Crippen molar-refractivity contribution in [2.24, 2.45) is 5.73 Å². The largest absolute Gasteiger partial charge is 0.330 e. The van der Waals surface area contributed by atoms with E-state index in [2.05, 4.69) is 4.98 Å². The van der Waals surface area contributed by atoms with Gasteiger partial charge < -0.3 is 5.73 Å². The number of hydrogen-bond acceptors (Lipinski definition) is 2. The molecule has 0 saturated carbocycles. The van der Waals surface area contributed by atoms with Gasteiger partial charge in [0, 0.05) is 18.3 Å². The molecule has 70 valence electrons. The van der Waals surface area contributed by atoms with Crippen LogP contribution >= 0.6 is 36.4 Å². The predicted molar refractivity (Wildman–Crippen MR) is 56.5 cm³/mol. The Morgan fingerprint density at radius 1 is 1.33 bits per heavy atom. The van der Waals surface area contributed by atoms with E-state index in [9.17, 15) is 0 Å². The van der Waals surface area contributed by atoms with Crippen molar-refractivity contribution in [1.29, 1.82) is 0 Å². The van der Waals surface area contributed by atoms with Crippen molar-refractivity contribution in [2.45, 2.75) is 6.42 Å². The maximum Gasteiger partial charge on any atom is 0.0589 e. The average Bonchev–Trinajstić information content (AvgIpc) is 1.95. The maximum atomic E-state index is 5.62. The van der Waals surface area contributed by atoms with Crippen LogP contribution in [0.25, 0.3) is 0 Å². The monoisotopic (exact) mass is 228 g/mol. The van der Waals surface area contributed by atoms with Crippen molar-refractivity contribution in [1.82, 2.24) is 4.98 Å². The summed E-state index contributed by atoms with van der Waals surface area (Å²) in [6, 6.07) is 3.70. The first kappa shape index (κ1) is 14.5. The van der Waals surface area contributed by atoms with Crippen LogP contribution in [0.3, 0.4) is 0 Å². The van der Waals surface area contributed by atoms with Crippen molar-refractivity contribution in [3.63, 3.8) is 0 Å². The highest BCUT2D eigenvalue weighted by atomic mass is 35.5. The molecule has 0 radical (unpaired) electrons. The van der Waals surface area contributed by atoms with Crippen molar-refractivity contribution >= 4 is 36.4 Å². The molecule has 0 atom stereocenters. The third-order valence-electron chi connectivity index (χ3n) is 1.19. The second kappa shape index (κ2) is 7.62. The summed E-state index contributed by atoms with van der Waals surface area (Å²) in [5.41, 5.74) is 6.32. The van der Waals surface area contributed by atoms with Gasteiger partial charge in [-0.25, -0.2) is 0 Å². The molecular weight excluding hydrogens is 218 g/mol. The lowest BCUT2D eigenvalue weighted by Gasteiger charge is -1.95. The molecule has 1 heterocycles. The summed E-state index contributed by atoms with van der Waals surface area (Å²) in [7, 11) is 0. The fourth-order valence-corrected chi connectivity index (χ4v) is 0.814. The molecule has 0 spiro atoms. The first-order valence-electron chi connectivity index (χ1n) is 3.13. The number of hydrogen-bond donors (Lipinski definition) is 1. The molecule has 0 aliphatic carbocycles. The summed E-state index contributed by atoms with van der Waals surface area (Å²) >= 11 is 5.62. The minimum Gasteiger partial charge on any atom is -0.330 e. The highest BCUT2D eigenvalue weighted by Gasteiger charge is 1.90. The standard InChI is InChI=1S/C7H9ClN2.2ClH/c8-6-1-2-7(3-4-9)10-5-6;;/h1-2,5H,3-4,9H2;2*1H. The summed E-state index contributed by atoms with van der Waals surface area (Å²) in [5, 5.41) is 0.667. The molecule has 5 heteroatoms. The Balaban J connectivity index is 0. The molecule has 1 aromatic heterocycles. The first-order valence-corrected chi connectivity index (χ1v) is 3.51. The predicted octanol–water partition coefficient (Wildman–Crippen LogP) is 2.08. The fourth-order valence-electron chi connectivity index (χ4n) is 0.702. The number of aromatic nitrogens is 1. The molecule has 2 nitrogen and oxygen atoms in total. The van der Waals surface area contributed by atoms with Crippen LogP contribution in [0.4, 0.5) is 0 Å². The molecule has 1 rings (SSSR count). The summed E-state index contributed by atoms with van der Waals surface area (Å²) < 4.78 is 0. The van der Waals surface area contributed by atoms with E-state index in [4.69, 9.17) is 17.3 Å². The highest BCUT2D eigenvalue weighted by molar-refractivity contribution is 6.30. The maximum absolute atomic E-state index is 5.62. The van der Waals surface area contributed by atoms with E-state index in [0.29, 0.717) is 11.6 Å². The molecule has 0 fully saturated rings. The minimum absolute atomic E-state index is 0. The van der Waals surface area contributed by atoms with E-state index in [1.807, 2.05) is 12.1 Å². The van der Waals surface area contributed by atoms with E-state index in [1.54, 1.807) is 6.20 Å². The van der Waals surface area contributed by atoms with Gasteiger partial charge in [0.1, 0.15) is 0 Å². The van der Waals surface area contributed by atoms with Crippen molar-refractivity contribution in [3.8, 4) is 0 Å². The summed E-state index contributed by atoms with van der Waals surface area (Å²) in [6.45, 7) is 0.634. The molecule has 0 aliphatic rings. The molecule has 12 heavy (non-hydrogen) atoms. The number of rotatable bonds is 2. The number of halogens is 3. The average molecular weight is 230 g/mol. The third-order valence-corrected chi connectivity index (χ3v) is 1.41. The molecule has 1 aromatic rings. The van der Waals surface area contributed by atoms with Gasteiger partial charge >= 0.3 is 0 Å². The number of nitrogens with two attached hydrogens (primary N) is 1. The Bertz CT molecular complexity index is 200. The zero-order valence-corrected chi connectivity index (χ0v) is 8.75. The Morgan fingerprint density at radius 2 is 2.00 bits per heavy atom. The normalized spacial score (nSPS) is 8.17. The second-order valence-corrected chi connectivity index (χ2v) is 2.44. The molecule has 0 aliphatic heterocycles. The van der Waals surface area contributed by atoms with Crippen LogP contribution in [0.15, 0.2) is 18.3 Å². The van der Waals surface area contributed by atoms with Crippen molar-refractivity contribution < 1.29 is 0 Å². The van der Waals surface area contributed by atoms with Crippen LogP contribution in [0.1, 0.15) is 5.69 Å². The van der Waals surface area contributed by atoms with Gasteiger partial charge in [-0.1, -0.05) is 11.6 Å². The van der Waals surface area contributed by atoms with E-state index < -0.39 is 0 Å². The van der Waals surface area contributed by atoms with Gasteiger partial charge in [-0.05, 0) is 18.7 Å². The highest BCUT2D eigenvalue weighted by Crippen LogP contribution is 2.05. The Kier molecular flexibility index (Phi) is 9.21. The van der Waals surface area contributed by atoms with Gasteiger partial charge in [0.05, 0.1) is 5.02 Å².